The molecule has 0 unspecified atom stereocenters. The monoisotopic (exact) mass is 318 g/mol. The third kappa shape index (κ3) is 8.50. The second-order valence-corrected chi connectivity index (χ2v) is 6.34. The second kappa shape index (κ2) is 8.82. The summed E-state index contributed by atoms with van der Waals surface area (Å²) in [4.78, 5) is 33.0. The summed E-state index contributed by atoms with van der Waals surface area (Å²) in [5.41, 5.74) is 0. The van der Waals surface area contributed by atoms with Crippen LogP contribution in [0.1, 0.15) is 40.5 Å². The van der Waals surface area contributed by atoms with Gasteiger partial charge in [-0.25, -0.2) is 4.79 Å². The van der Waals surface area contributed by atoms with Gasteiger partial charge in [-0.15, -0.1) is 11.6 Å². The fourth-order valence-corrected chi connectivity index (χ4v) is 1.99. The number of hydrogen-bond acceptors (Lipinski definition) is 5. The van der Waals surface area contributed by atoms with Crippen LogP contribution in [0.15, 0.2) is 12.2 Å². The van der Waals surface area contributed by atoms with Crippen molar-refractivity contribution in [2.45, 2.75) is 51.5 Å². The zero-order valence-corrected chi connectivity index (χ0v) is 13.9. The molecule has 0 radical (unpaired) electrons. The van der Waals surface area contributed by atoms with Crippen LogP contribution in [0.4, 0.5) is 0 Å². The summed E-state index contributed by atoms with van der Waals surface area (Å²) in [7, 11) is 1.29. The molecule has 0 saturated carbocycles. The fourth-order valence-electron chi connectivity index (χ4n) is 1.81. The molecule has 0 aromatic carbocycles. The van der Waals surface area contributed by atoms with Gasteiger partial charge < -0.3 is 9.47 Å². The fraction of sp³-hybridized carbons (Fsp3) is 0.667. The van der Waals surface area contributed by atoms with Crippen LogP contribution >= 0.6 is 11.6 Å². The third-order valence-electron chi connectivity index (χ3n) is 3.11. The molecule has 0 saturated heterocycles. The van der Waals surface area contributed by atoms with Crippen molar-refractivity contribution in [1.82, 2.24) is 0 Å². The number of carbonyl (C=O) groups excluding carboxylic acids is 3. The lowest BCUT2D eigenvalue weighted by Gasteiger charge is -2.30. The number of Topliss-reactive ketones (excluding diaryl/α,β-unsaturated/α-hetero) is 1. The van der Waals surface area contributed by atoms with Crippen LogP contribution in [0.3, 0.4) is 0 Å². The molecule has 6 heteroatoms. The van der Waals surface area contributed by atoms with Gasteiger partial charge in [0.15, 0.2) is 11.9 Å². The van der Waals surface area contributed by atoms with Crippen LogP contribution in [0, 0.1) is 5.92 Å². The van der Waals surface area contributed by atoms with Crippen molar-refractivity contribution in [1.29, 1.82) is 0 Å². The summed E-state index contributed by atoms with van der Waals surface area (Å²) in [6, 6.07) is 0. The maximum Gasteiger partial charge on any atom is 0.330 e. The first kappa shape index (κ1) is 19.6. The largest absolute Gasteiger partial charge is 0.466 e. The smallest absolute Gasteiger partial charge is 0.330 e. The van der Waals surface area contributed by atoms with Crippen molar-refractivity contribution >= 4 is 29.3 Å². The predicted molar refractivity (Wildman–Crippen MR) is 80.0 cm³/mol. The number of carbonyl (C=O) groups is 3. The average Bonchev–Trinajstić information content (AvgIpc) is 2.34. The normalized spacial score (nSPS) is 14.6. The van der Waals surface area contributed by atoms with E-state index in [1.54, 1.807) is 6.08 Å². The minimum Gasteiger partial charge on any atom is -0.466 e. The Bertz CT molecular complexity index is 409. The van der Waals surface area contributed by atoms with E-state index in [-0.39, 0.29) is 11.7 Å². The van der Waals surface area contributed by atoms with Crippen LogP contribution in [0.5, 0.6) is 0 Å². The van der Waals surface area contributed by atoms with Gasteiger partial charge in [0, 0.05) is 17.9 Å². The molecule has 0 fully saturated rings. The highest BCUT2D eigenvalue weighted by atomic mass is 35.5. The first-order valence-electron chi connectivity index (χ1n) is 6.69. The highest BCUT2D eigenvalue weighted by Gasteiger charge is 2.31. The number of methoxy groups -OCH3 is 1. The number of ketones is 1. The lowest BCUT2D eigenvalue weighted by atomic mass is 9.85. The van der Waals surface area contributed by atoms with E-state index in [0.29, 0.717) is 12.8 Å². The lowest BCUT2D eigenvalue weighted by Crippen LogP contribution is -2.33. The van der Waals surface area contributed by atoms with Crippen LogP contribution in [-0.2, 0) is 23.9 Å². The number of rotatable bonds is 8. The number of esters is 2. The highest BCUT2D eigenvalue weighted by Crippen LogP contribution is 2.32. The van der Waals surface area contributed by atoms with Crippen molar-refractivity contribution in [3.63, 3.8) is 0 Å². The summed E-state index contributed by atoms with van der Waals surface area (Å²) in [5, 5.41) is 0. The van der Waals surface area contributed by atoms with Crippen molar-refractivity contribution in [3.05, 3.63) is 12.2 Å². The van der Waals surface area contributed by atoms with Gasteiger partial charge in [0.25, 0.3) is 0 Å². The summed E-state index contributed by atoms with van der Waals surface area (Å²) in [6.07, 6.45) is 2.90. The van der Waals surface area contributed by atoms with Crippen molar-refractivity contribution in [2.24, 2.45) is 5.92 Å². The molecule has 0 bridgehead atoms. The molecule has 0 aliphatic rings. The van der Waals surface area contributed by atoms with Gasteiger partial charge in [0.05, 0.1) is 7.11 Å². The zero-order valence-electron chi connectivity index (χ0n) is 13.1. The minimum atomic E-state index is -0.822. The third-order valence-corrected chi connectivity index (χ3v) is 3.42. The summed E-state index contributed by atoms with van der Waals surface area (Å²) >= 11 is 6.33. The van der Waals surface area contributed by atoms with Crippen molar-refractivity contribution in [3.8, 4) is 0 Å². The summed E-state index contributed by atoms with van der Waals surface area (Å²) < 4.78 is 9.53. The Hall–Kier alpha value is -1.36. The highest BCUT2D eigenvalue weighted by molar-refractivity contribution is 6.23. The number of ether oxygens (including phenoxy) is 2. The predicted octanol–water partition coefficient (Wildman–Crippen LogP) is 2.65. The van der Waals surface area contributed by atoms with Gasteiger partial charge in [-0.05, 0) is 39.5 Å². The molecular weight excluding hydrogens is 296 g/mol. The molecule has 0 aromatic rings. The van der Waals surface area contributed by atoms with Gasteiger partial charge in [-0.1, -0.05) is 6.08 Å². The van der Waals surface area contributed by atoms with Crippen molar-refractivity contribution < 1.29 is 23.9 Å². The van der Waals surface area contributed by atoms with Crippen LogP contribution in [-0.4, -0.2) is 35.8 Å². The van der Waals surface area contributed by atoms with Gasteiger partial charge in [0.2, 0.25) is 0 Å². The quantitative estimate of drug-likeness (QED) is 0.391. The Morgan fingerprint density at radius 1 is 1.24 bits per heavy atom. The van der Waals surface area contributed by atoms with E-state index in [4.69, 9.17) is 16.3 Å². The van der Waals surface area contributed by atoms with Crippen molar-refractivity contribution in [2.75, 3.05) is 7.11 Å². The Balaban J connectivity index is 4.90. The van der Waals surface area contributed by atoms with Gasteiger partial charge >= 0.3 is 11.9 Å². The SMILES string of the molecule is COC(=O)C=CC[C@@H](C[C@@H](OC(C)=O)C(C)=O)C(C)(C)Cl. The molecule has 0 spiro atoms. The second-order valence-electron chi connectivity index (χ2n) is 5.37. The Kier molecular flexibility index (Phi) is 8.25. The molecule has 0 rings (SSSR count). The van der Waals surface area contributed by atoms with E-state index in [0.717, 1.165) is 0 Å². The maximum absolute atomic E-state index is 11.6. The first-order valence-corrected chi connectivity index (χ1v) is 7.06. The van der Waals surface area contributed by atoms with E-state index in [2.05, 4.69) is 4.74 Å². The van der Waals surface area contributed by atoms with Gasteiger partial charge in [-0.3, -0.25) is 9.59 Å². The van der Waals surface area contributed by atoms with Crippen LogP contribution in [0.2, 0.25) is 0 Å². The van der Waals surface area contributed by atoms with Gasteiger partial charge in [0.1, 0.15) is 0 Å². The Morgan fingerprint density at radius 2 is 1.81 bits per heavy atom. The zero-order chi connectivity index (χ0) is 16.6. The molecule has 0 aliphatic heterocycles. The lowest BCUT2D eigenvalue weighted by molar-refractivity contribution is -0.153. The van der Waals surface area contributed by atoms with E-state index >= 15 is 0 Å². The number of halogens is 1. The summed E-state index contributed by atoms with van der Waals surface area (Å²) in [6.45, 7) is 6.26. The average molecular weight is 319 g/mol. The number of alkyl halides is 1. The Labute approximate surface area is 130 Å². The first-order chi connectivity index (χ1) is 9.57. The molecule has 0 amide bonds. The molecule has 0 heterocycles. The summed E-state index contributed by atoms with van der Waals surface area (Å²) in [5.74, 6) is -1.34. The molecule has 120 valence electrons. The minimum absolute atomic E-state index is 0.145. The van der Waals surface area contributed by atoms with Crippen LogP contribution in [0.25, 0.3) is 0 Å². The Morgan fingerprint density at radius 3 is 2.19 bits per heavy atom. The molecule has 2 atom stereocenters. The molecule has 0 N–H and O–H groups in total. The van der Waals surface area contributed by atoms with Crippen LogP contribution < -0.4 is 0 Å². The van der Waals surface area contributed by atoms with E-state index in [1.165, 1.54) is 27.0 Å². The van der Waals surface area contributed by atoms with Gasteiger partial charge in [-0.2, -0.15) is 0 Å². The molecule has 0 aliphatic carbocycles. The molecule has 0 aromatic heterocycles. The van der Waals surface area contributed by atoms with E-state index in [1.807, 2.05) is 13.8 Å². The van der Waals surface area contributed by atoms with E-state index < -0.39 is 22.9 Å². The molecule has 5 nitrogen and oxygen atoms in total. The molecular formula is C15H23ClO5. The maximum atomic E-state index is 11.6. The standard InChI is InChI=1S/C15H23ClO5/c1-10(17)13(21-11(2)18)9-12(15(3,4)16)7-6-8-14(19)20-5/h6,8,12-13H,7,9H2,1-5H3/t12-,13+/m0/s1. The number of allylic oxidation sites excluding steroid dienone is 1. The van der Waals surface area contributed by atoms with E-state index in [9.17, 15) is 14.4 Å². The number of hydrogen-bond donors (Lipinski definition) is 0. The topological polar surface area (TPSA) is 69.7 Å². The molecule has 21 heavy (non-hydrogen) atoms.